The largest absolute Gasteiger partial charge is 0.376 e. The van der Waals surface area contributed by atoms with E-state index >= 15 is 0 Å². The van der Waals surface area contributed by atoms with Crippen molar-refractivity contribution in [3.05, 3.63) is 18.0 Å². The summed E-state index contributed by atoms with van der Waals surface area (Å²) in [5.41, 5.74) is 0.284. The first-order valence-electron chi connectivity index (χ1n) is 6.93. The molecule has 1 saturated heterocycles. The number of carbonyl (C=O) groups excluding carboxylic acids is 1. The van der Waals surface area contributed by atoms with Gasteiger partial charge in [-0.3, -0.25) is 4.79 Å². The van der Waals surface area contributed by atoms with Gasteiger partial charge in [-0.25, -0.2) is 13.6 Å². The molecule has 0 aliphatic carbocycles. The minimum absolute atomic E-state index is 0.0362. The van der Waals surface area contributed by atoms with Gasteiger partial charge in [-0.1, -0.05) is 0 Å². The number of nitrogens with zero attached hydrogens (tertiary/aromatic N) is 1. The molecule has 7 nitrogen and oxygen atoms in total. The van der Waals surface area contributed by atoms with Crippen LogP contribution in [0.25, 0.3) is 0 Å². The number of hydrogen-bond acceptors (Lipinski definition) is 4. The first kappa shape index (κ1) is 16.0. The summed E-state index contributed by atoms with van der Waals surface area (Å²) in [4.78, 5) is 12.2. The van der Waals surface area contributed by atoms with Gasteiger partial charge in [0.05, 0.1) is 6.10 Å². The van der Waals surface area contributed by atoms with Gasteiger partial charge in [0, 0.05) is 25.4 Å². The van der Waals surface area contributed by atoms with Crippen molar-refractivity contribution in [2.75, 3.05) is 13.2 Å². The number of primary sulfonamides is 1. The van der Waals surface area contributed by atoms with Crippen LogP contribution in [0.2, 0.25) is 0 Å². The van der Waals surface area contributed by atoms with E-state index in [-0.39, 0.29) is 28.6 Å². The monoisotopic (exact) mass is 315 g/mol. The van der Waals surface area contributed by atoms with Gasteiger partial charge in [0.15, 0.2) is 0 Å². The zero-order chi connectivity index (χ0) is 15.6. The van der Waals surface area contributed by atoms with E-state index in [1.165, 1.54) is 12.3 Å². The lowest BCUT2D eigenvalue weighted by molar-refractivity contribution is 0.0849. The maximum absolute atomic E-state index is 12.2. The number of nitrogens with one attached hydrogen (secondary N) is 1. The summed E-state index contributed by atoms with van der Waals surface area (Å²) in [5.74, 6) is -0.325. The van der Waals surface area contributed by atoms with Gasteiger partial charge in [-0.2, -0.15) is 0 Å². The molecule has 1 unspecified atom stereocenters. The normalized spacial score (nSPS) is 19.1. The molecular formula is C13H21N3O4S. The maximum atomic E-state index is 12.2. The highest BCUT2D eigenvalue weighted by Crippen LogP contribution is 2.18. The van der Waals surface area contributed by atoms with Crippen LogP contribution in [0.15, 0.2) is 17.2 Å². The third-order valence-corrected chi connectivity index (χ3v) is 4.34. The average molecular weight is 315 g/mol. The van der Waals surface area contributed by atoms with Crippen molar-refractivity contribution >= 4 is 15.9 Å². The third-order valence-electron chi connectivity index (χ3n) is 3.46. The molecular weight excluding hydrogens is 294 g/mol. The van der Waals surface area contributed by atoms with E-state index in [1.54, 1.807) is 4.57 Å². The van der Waals surface area contributed by atoms with E-state index in [0.29, 0.717) is 6.54 Å². The summed E-state index contributed by atoms with van der Waals surface area (Å²) in [6.45, 7) is 4.87. The number of amides is 1. The molecule has 0 aromatic carbocycles. The van der Waals surface area contributed by atoms with Crippen molar-refractivity contribution in [1.29, 1.82) is 0 Å². The van der Waals surface area contributed by atoms with Crippen LogP contribution in [0, 0.1) is 0 Å². The fraction of sp³-hybridized carbons (Fsp3) is 0.615. The van der Waals surface area contributed by atoms with Crippen molar-refractivity contribution < 1.29 is 17.9 Å². The third kappa shape index (κ3) is 3.84. The minimum atomic E-state index is -3.83. The Hall–Kier alpha value is -1.38. The lowest BCUT2D eigenvalue weighted by Gasteiger charge is -2.14. The highest BCUT2D eigenvalue weighted by atomic mass is 32.2. The minimum Gasteiger partial charge on any atom is -0.376 e. The summed E-state index contributed by atoms with van der Waals surface area (Å²) in [6.07, 6.45) is 3.35. The fourth-order valence-corrected chi connectivity index (χ4v) is 2.86. The molecule has 0 spiro atoms. The van der Waals surface area contributed by atoms with E-state index in [9.17, 15) is 13.2 Å². The Balaban J connectivity index is 2.16. The first-order valence-corrected chi connectivity index (χ1v) is 8.48. The zero-order valence-corrected chi connectivity index (χ0v) is 13.0. The predicted octanol–water partition coefficient (Wildman–Crippen LogP) is 0.625. The van der Waals surface area contributed by atoms with Crippen LogP contribution in [-0.2, 0) is 14.8 Å². The Bertz CT molecular complexity index is 615. The molecule has 1 aliphatic heterocycles. The van der Waals surface area contributed by atoms with Gasteiger partial charge in [-0.05, 0) is 32.8 Å². The zero-order valence-electron chi connectivity index (χ0n) is 12.2. The Morgan fingerprint density at radius 1 is 1.57 bits per heavy atom. The van der Waals surface area contributed by atoms with Crippen molar-refractivity contribution in [2.45, 2.75) is 43.7 Å². The number of hydrogen-bond donors (Lipinski definition) is 2. The summed E-state index contributed by atoms with van der Waals surface area (Å²) < 4.78 is 29.9. The van der Waals surface area contributed by atoms with E-state index in [2.05, 4.69) is 5.32 Å². The number of sulfonamides is 1. The molecule has 0 bridgehead atoms. The summed E-state index contributed by atoms with van der Waals surface area (Å²) in [5, 5.41) is 7.90. The first-order chi connectivity index (χ1) is 9.79. The predicted molar refractivity (Wildman–Crippen MR) is 77.5 cm³/mol. The molecule has 1 aromatic rings. The lowest BCUT2D eigenvalue weighted by Crippen LogP contribution is -2.33. The molecule has 1 amide bonds. The smallest absolute Gasteiger partial charge is 0.268 e. The van der Waals surface area contributed by atoms with E-state index in [1.807, 2.05) is 13.8 Å². The van der Waals surface area contributed by atoms with Gasteiger partial charge in [-0.15, -0.1) is 0 Å². The molecule has 0 radical (unpaired) electrons. The van der Waals surface area contributed by atoms with Crippen molar-refractivity contribution in [1.82, 2.24) is 9.88 Å². The van der Waals surface area contributed by atoms with Crippen LogP contribution in [0.4, 0.5) is 0 Å². The van der Waals surface area contributed by atoms with E-state index < -0.39 is 10.0 Å². The van der Waals surface area contributed by atoms with Crippen LogP contribution < -0.4 is 10.5 Å². The summed E-state index contributed by atoms with van der Waals surface area (Å²) in [6, 6.07) is 1.25. The summed E-state index contributed by atoms with van der Waals surface area (Å²) >= 11 is 0. The van der Waals surface area contributed by atoms with Crippen LogP contribution in [0.5, 0.6) is 0 Å². The number of nitrogens with two attached hydrogens (primary N) is 1. The average Bonchev–Trinajstić information content (AvgIpc) is 3.04. The van der Waals surface area contributed by atoms with Crippen molar-refractivity contribution in [3.63, 3.8) is 0 Å². The van der Waals surface area contributed by atoms with Crippen LogP contribution in [0.3, 0.4) is 0 Å². The van der Waals surface area contributed by atoms with Gasteiger partial charge < -0.3 is 14.6 Å². The maximum Gasteiger partial charge on any atom is 0.268 e. The number of carbonyl (C=O) groups is 1. The van der Waals surface area contributed by atoms with Gasteiger partial charge in [0.1, 0.15) is 10.6 Å². The Kier molecular flexibility index (Phi) is 4.70. The van der Waals surface area contributed by atoms with E-state index in [4.69, 9.17) is 9.88 Å². The molecule has 118 valence electrons. The van der Waals surface area contributed by atoms with Crippen LogP contribution >= 0.6 is 0 Å². The second-order valence-electron chi connectivity index (χ2n) is 5.45. The highest BCUT2D eigenvalue weighted by Gasteiger charge is 2.22. The Labute approximate surface area is 124 Å². The molecule has 21 heavy (non-hydrogen) atoms. The molecule has 3 N–H and O–H groups in total. The standard InChI is InChI=1S/C13H21N3O4S/c1-9(2)16-8-11(21(14,18)19)6-12(16)13(17)15-7-10-4-3-5-20-10/h6,8-10H,3-5,7H2,1-2H3,(H,15,17)(H2,14,18,19). The van der Waals surface area contributed by atoms with Gasteiger partial charge >= 0.3 is 0 Å². The number of ether oxygens (including phenoxy) is 1. The second kappa shape index (κ2) is 6.17. The quantitative estimate of drug-likeness (QED) is 0.831. The topological polar surface area (TPSA) is 103 Å². The van der Waals surface area contributed by atoms with Crippen molar-refractivity contribution in [3.8, 4) is 0 Å². The summed E-state index contributed by atoms with van der Waals surface area (Å²) in [7, 11) is -3.83. The Morgan fingerprint density at radius 2 is 2.29 bits per heavy atom. The van der Waals surface area contributed by atoms with Crippen LogP contribution in [0.1, 0.15) is 43.2 Å². The molecule has 1 aromatic heterocycles. The lowest BCUT2D eigenvalue weighted by atomic mass is 10.2. The number of rotatable bonds is 5. The molecule has 1 fully saturated rings. The second-order valence-corrected chi connectivity index (χ2v) is 7.01. The van der Waals surface area contributed by atoms with Crippen LogP contribution in [-0.4, -0.2) is 38.1 Å². The Morgan fingerprint density at radius 3 is 2.81 bits per heavy atom. The molecule has 8 heteroatoms. The molecule has 1 aliphatic rings. The molecule has 2 heterocycles. The van der Waals surface area contributed by atoms with Gasteiger partial charge in [0.2, 0.25) is 10.0 Å². The fourth-order valence-electron chi connectivity index (χ4n) is 2.32. The molecule has 2 rings (SSSR count). The SMILES string of the molecule is CC(C)n1cc(S(N)(=O)=O)cc1C(=O)NCC1CCCO1. The molecule has 0 saturated carbocycles. The highest BCUT2D eigenvalue weighted by molar-refractivity contribution is 7.89. The molecule has 1 atom stereocenters. The van der Waals surface area contributed by atoms with E-state index in [0.717, 1.165) is 19.4 Å². The van der Waals surface area contributed by atoms with Crippen molar-refractivity contribution in [2.24, 2.45) is 5.14 Å². The van der Waals surface area contributed by atoms with Gasteiger partial charge in [0.25, 0.3) is 5.91 Å². The number of aromatic nitrogens is 1.